The number of aliphatic hydroxyl groups is 1. The average molecular weight is 227 g/mol. The number of hydrogen-bond donors (Lipinski definition) is 3. The van der Waals surface area contributed by atoms with Crippen molar-refractivity contribution in [2.24, 2.45) is 5.73 Å². The van der Waals surface area contributed by atoms with Crippen LogP contribution >= 0.6 is 0 Å². The van der Waals surface area contributed by atoms with E-state index in [4.69, 9.17) is 5.73 Å². The van der Waals surface area contributed by atoms with Gasteiger partial charge in [-0.2, -0.15) is 0 Å². The number of primary amides is 1. The molecule has 0 radical (unpaired) electrons. The van der Waals surface area contributed by atoms with Gasteiger partial charge in [0.05, 0.1) is 0 Å². The Bertz CT molecular complexity index is 260. The molecule has 2 aliphatic rings. The standard InChI is InChI=1S/C11H21N3O2/c12-11(16)10(15)7-13-8-3-5-14-4-1-2-9(14)6-8/h8-10,13,15H,1-7H2,(H2,12,16). The third-order valence-corrected chi connectivity index (χ3v) is 3.75. The van der Waals surface area contributed by atoms with Gasteiger partial charge in [-0.3, -0.25) is 4.79 Å². The third-order valence-electron chi connectivity index (χ3n) is 3.75. The largest absolute Gasteiger partial charge is 0.382 e. The molecule has 3 atom stereocenters. The highest BCUT2D eigenvalue weighted by atomic mass is 16.3. The Morgan fingerprint density at radius 3 is 3.06 bits per heavy atom. The van der Waals surface area contributed by atoms with Crippen molar-refractivity contribution in [3.05, 3.63) is 0 Å². The number of hydrogen-bond acceptors (Lipinski definition) is 4. The lowest BCUT2D eigenvalue weighted by Gasteiger charge is -2.35. The van der Waals surface area contributed by atoms with E-state index in [2.05, 4.69) is 10.2 Å². The van der Waals surface area contributed by atoms with Gasteiger partial charge in [0, 0.05) is 18.6 Å². The van der Waals surface area contributed by atoms with Crippen molar-refractivity contribution in [1.82, 2.24) is 10.2 Å². The summed E-state index contributed by atoms with van der Waals surface area (Å²) >= 11 is 0. The molecule has 0 aromatic rings. The summed E-state index contributed by atoms with van der Waals surface area (Å²) in [4.78, 5) is 13.2. The summed E-state index contributed by atoms with van der Waals surface area (Å²) in [6, 6.07) is 1.13. The number of nitrogens with zero attached hydrogens (tertiary/aromatic N) is 1. The molecule has 0 aromatic heterocycles. The molecule has 0 aromatic carbocycles. The molecule has 5 nitrogen and oxygen atoms in total. The van der Waals surface area contributed by atoms with Gasteiger partial charge in [0.1, 0.15) is 6.10 Å². The van der Waals surface area contributed by atoms with Gasteiger partial charge in [-0.05, 0) is 38.8 Å². The van der Waals surface area contributed by atoms with Crippen LogP contribution in [0.15, 0.2) is 0 Å². The van der Waals surface area contributed by atoms with Gasteiger partial charge in [-0.25, -0.2) is 0 Å². The molecule has 2 saturated heterocycles. The smallest absolute Gasteiger partial charge is 0.247 e. The lowest BCUT2D eigenvalue weighted by atomic mass is 9.97. The first kappa shape index (κ1) is 11.8. The number of amides is 1. The van der Waals surface area contributed by atoms with E-state index in [0.717, 1.165) is 19.4 Å². The van der Waals surface area contributed by atoms with Gasteiger partial charge in [-0.15, -0.1) is 0 Å². The molecule has 16 heavy (non-hydrogen) atoms. The minimum Gasteiger partial charge on any atom is -0.382 e. The van der Waals surface area contributed by atoms with Gasteiger partial charge in [0.15, 0.2) is 0 Å². The number of nitrogens with one attached hydrogen (secondary N) is 1. The number of fused-ring (bicyclic) bond motifs is 1. The van der Waals surface area contributed by atoms with Gasteiger partial charge >= 0.3 is 0 Å². The summed E-state index contributed by atoms with van der Waals surface area (Å²) < 4.78 is 0. The predicted molar refractivity (Wildman–Crippen MR) is 60.8 cm³/mol. The van der Waals surface area contributed by atoms with Crippen molar-refractivity contribution in [1.29, 1.82) is 0 Å². The molecule has 0 aliphatic carbocycles. The third kappa shape index (κ3) is 2.72. The SMILES string of the molecule is NC(=O)C(O)CNC1CCN2CCCC2C1. The molecule has 0 spiro atoms. The Hall–Kier alpha value is -0.650. The number of piperidine rings is 1. The van der Waals surface area contributed by atoms with E-state index in [1.54, 1.807) is 0 Å². The van der Waals surface area contributed by atoms with Crippen molar-refractivity contribution >= 4 is 5.91 Å². The molecule has 4 N–H and O–H groups in total. The van der Waals surface area contributed by atoms with Crippen molar-refractivity contribution in [2.45, 2.75) is 43.9 Å². The Balaban J connectivity index is 1.73. The summed E-state index contributed by atoms with van der Waals surface area (Å²) in [5, 5.41) is 12.5. The highest BCUT2D eigenvalue weighted by Gasteiger charge is 2.31. The second-order valence-corrected chi connectivity index (χ2v) is 4.88. The number of carbonyl (C=O) groups excluding carboxylic acids is 1. The molecule has 0 bridgehead atoms. The van der Waals surface area contributed by atoms with Crippen LogP contribution in [0.5, 0.6) is 0 Å². The van der Waals surface area contributed by atoms with Crippen LogP contribution in [0.25, 0.3) is 0 Å². The first-order valence-electron chi connectivity index (χ1n) is 6.11. The minimum atomic E-state index is -1.05. The van der Waals surface area contributed by atoms with E-state index in [1.807, 2.05) is 0 Å². The maximum Gasteiger partial charge on any atom is 0.247 e. The molecule has 1 amide bonds. The van der Waals surface area contributed by atoms with Crippen LogP contribution in [0.2, 0.25) is 0 Å². The lowest BCUT2D eigenvalue weighted by Crippen LogP contribution is -2.48. The molecule has 3 unspecified atom stereocenters. The topological polar surface area (TPSA) is 78.6 Å². The fraction of sp³-hybridized carbons (Fsp3) is 0.909. The van der Waals surface area contributed by atoms with Crippen LogP contribution in [0, 0.1) is 0 Å². The summed E-state index contributed by atoms with van der Waals surface area (Å²) in [7, 11) is 0. The molecule has 2 heterocycles. The molecule has 2 aliphatic heterocycles. The molecule has 2 rings (SSSR count). The van der Waals surface area contributed by atoms with Crippen LogP contribution in [-0.4, -0.2) is 53.7 Å². The van der Waals surface area contributed by atoms with Crippen LogP contribution in [0.4, 0.5) is 0 Å². The number of carbonyl (C=O) groups is 1. The first-order valence-corrected chi connectivity index (χ1v) is 6.11. The predicted octanol–water partition coefficient (Wildman–Crippen LogP) is -0.951. The number of nitrogens with two attached hydrogens (primary N) is 1. The van der Waals surface area contributed by atoms with E-state index in [9.17, 15) is 9.90 Å². The highest BCUT2D eigenvalue weighted by Crippen LogP contribution is 2.26. The highest BCUT2D eigenvalue weighted by molar-refractivity contribution is 5.78. The summed E-state index contributed by atoms with van der Waals surface area (Å²) in [6.45, 7) is 2.66. The van der Waals surface area contributed by atoms with E-state index >= 15 is 0 Å². The zero-order chi connectivity index (χ0) is 11.5. The monoisotopic (exact) mass is 227 g/mol. The summed E-state index contributed by atoms with van der Waals surface area (Å²) in [6.07, 6.45) is 3.77. The maximum atomic E-state index is 10.7. The van der Waals surface area contributed by atoms with Crippen LogP contribution in [0.3, 0.4) is 0 Å². The molecule has 2 fully saturated rings. The zero-order valence-electron chi connectivity index (χ0n) is 9.56. The molecular weight excluding hydrogens is 206 g/mol. The number of aliphatic hydroxyl groups excluding tert-OH is 1. The summed E-state index contributed by atoms with van der Waals surface area (Å²) in [5.41, 5.74) is 5.00. The fourth-order valence-electron chi connectivity index (χ4n) is 2.79. The lowest BCUT2D eigenvalue weighted by molar-refractivity contribution is -0.125. The van der Waals surface area contributed by atoms with Crippen molar-refractivity contribution in [3.63, 3.8) is 0 Å². The van der Waals surface area contributed by atoms with Crippen LogP contribution in [-0.2, 0) is 4.79 Å². The molecule has 0 saturated carbocycles. The first-order chi connectivity index (χ1) is 7.66. The van der Waals surface area contributed by atoms with Crippen molar-refractivity contribution < 1.29 is 9.90 Å². The number of rotatable bonds is 4. The van der Waals surface area contributed by atoms with E-state index in [1.165, 1.54) is 19.4 Å². The Labute approximate surface area is 96.0 Å². The van der Waals surface area contributed by atoms with Gasteiger partial charge in [0.25, 0.3) is 0 Å². The van der Waals surface area contributed by atoms with Crippen molar-refractivity contribution in [3.8, 4) is 0 Å². The van der Waals surface area contributed by atoms with E-state index in [-0.39, 0.29) is 6.54 Å². The van der Waals surface area contributed by atoms with E-state index < -0.39 is 12.0 Å². The zero-order valence-corrected chi connectivity index (χ0v) is 9.56. The maximum absolute atomic E-state index is 10.7. The normalized spacial score (nSPS) is 32.3. The molecular formula is C11H21N3O2. The second-order valence-electron chi connectivity index (χ2n) is 4.88. The fourth-order valence-corrected chi connectivity index (χ4v) is 2.79. The van der Waals surface area contributed by atoms with Gasteiger partial charge in [0.2, 0.25) is 5.91 Å². The Morgan fingerprint density at radius 1 is 1.50 bits per heavy atom. The molecule has 5 heteroatoms. The molecule has 92 valence electrons. The van der Waals surface area contributed by atoms with E-state index in [0.29, 0.717) is 12.1 Å². The average Bonchev–Trinajstić information content (AvgIpc) is 2.72. The Morgan fingerprint density at radius 2 is 2.31 bits per heavy atom. The second kappa shape index (κ2) is 5.12. The van der Waals surface area contributed by atoms with Crippen molar-refractivity contribution in [2.75, 3.05) is 19.6 Å². The summed E-state index contributed by atoms with van der Waals surface area (Å²) in [5.74, 6) is -0.647. The van der Waals surface area contributed by atoms with Crippen LogP contribution < -0.4 is 11.1 Å². The quantitative estimate of drug-likeness (QED) is 0.578. The minimum absolute atomic E-state index is 0.284. The van der Waals surface area contributed by atoms with Crippen LogP contribution in [0.1, 0.15) is 25.7 Å². The van der Waals surface area contributed by atoms with Gasteiger partial charge < -0.3 is 21.1 Å². The van der Waals surface area contributed by atoms with Gasteiger partial charge in [-0.1, -0.05) is 0 Å². The Kier molecular flexibility index (Phi) is 3.78.